The summed E-state index contributed by atoms with van der Waals surface area (Å²) in [6.45, 7) is 7.53. The van der Waals surface area contributed by atoms with Gasteiger partial charge in [0, 0.05) is 6.54 Å². The van der Waals surface area contributed by atoms with E-state index >= 15 is 0 Å². The Bertz CT molecular complexity index is 964. The van der Waals surface area contributed by atoms with Gasteiger partial charge in [-0.1, -0.05) is 38.1 Å². The molecule has 31 heavy (non-hydrogen) atoms. The van der Waals surface area contributed by atoms with Gasteiger partial charge in [0.05, 0.1) is 6.04 Å². The SMILES string of the molecule is CC1(C)CCc2ccc(-c3ccc(F)cc3)cc2C1NC(=O)O[C@@H]1CN2CCC1CC2. The van der Waals surface area contributed by atoms with Crippen LogP contribution in [0.3, 0.4) is 0 Å². The number of nitrogens with one attached hydrogen (secondary N) is 1. The van der Waals surface area contributed by atoms with Gasteiger partial charge in [0.15, 0.2) is 0 Å². The summed E-state index contributed by atoms with van der Waals surface area (Å²) < 4.78 is 19.3. The van der Waals surface area contributed by atoms with Gasteiger partial charge in [-0.3, -0.25) is 4.90 Å². The molecule has 0 spiro atoms. The highest BCUT2D eigenvalue weighted by Crippen LogP contribution is 2.44. The van der Waals surface area contributed by atoms with Crippen LogP contribution in [0.1, 0.15) is 50.3 Å². The second-order valence-corrected chi connectivity index (χ2v) is 10.1. The third kappa shape index (κ3) is 4.08. The molecule has 4 aliphatic rings. The fraction of sp³-hybridized carbons (Fsp3) is 0.500. The van der Waals surface area contributed by atoms with Gasteiger partial charge in [-0.25, -0.2) is 9.18 Å². The summed E-state index contributed by atoms with van der Waals surface area (Å²) in [5, 5.41) is 3.22. The molecule has 2 bridgehead atoms. The number of rotatable bonds is 3. The Balaban J connectivity index is 1.38. The number of benzene rings is 2. The minimum Gasteiger partial charge on any atom is -0.445 e. The summed E-state index contributed by atoms with van der Waals surface area (Å²) in [5.41, 5.74) is 4.33. The Labute approximate surface area is 183 Å². The first-order valence-corrected chi connectivity index (χ1v) is 11.5. The second kappa shape index (κ2) is 7.94. The second-order valence-electron chi connectivity index (χ2n) is 10.1. The standard InChI is InChI=1S/C26H31FN2O2/c1-26(2)12-9-18-3-4-20(17-5-7-21(27)8-6-17)15-22(18)24(26)28-25(30)31-23-16-29-13-10-19(23)11-14-29/h3-8,15,19,23-24H,9-14,16H2,1-2H3,(H,28,30)/t23-,24?/m1/s1. The number of hydrogen-bond donors (Lipinski definition) is 1. The van der Waals surface area contributed by atoms with Gasteiger partial charge in [-0.2, -0.15) is 0 Å². The van der Waals surface area contributed by atoms with Crippen LogP contribution in [0.5, 0.6) is 0 Å². The fourth-order valence-electron chi connectivity index (χ4n) is 5.54. The van der Waals surface area contributed by atoms with Crippen LogP contribution in [0, 0.1) is 17.2 Å². The van der Waals surface area contributed by atoms with Crippen LogP contribution in [0.2, 0.25) is 0 Å². The maximum Gasteiger partial charge on any atom is 0.407 e. The molecule has 2 aromatic rings. The van der Waals surface area contributed by atoms with Crippen molar-refractivity contribution in [1.29, 1.82) is 0 Å². The molecule has 1 amide bonds. The molecule has 3 saturated heterocycles. The Morgan fingerprint density at radius 2 is 1.81 bits per heavy atom. The lowest BCUT2D eigenvalue weighted by Gasteiger charge is -2.44. The predicted molar refractivity (Wildman–Crippen MR) is 119 cm³/mol. The Morgan fingerprint density at radius 3 is 2.48 bits per heavy atom. The van der Waals surface area contributed by atoms with E-state index in [9.17, 15) is 9.18 Å². The van der Waals surface area contributed by atoms with Gasteiger partial charge in [0.1, 0.15) is 11.9 Å². The molecule has 0 radical (unpaired) electrons. The number of piperidine rings is 3. The van der Waals surface area contributed by atoms with Crippen molar-refractivity contribution >= 4 is 6.09 Å². The van der Waals surface area contributed by atoms with Crippen LogP contribution in [0.25, 0.3) is 11.1 Å². The number of aryl methyl sites for hydroxylation is 1. The van der Waals surface area contributed by atoms with Gasteiger partial charge in [0.25, 0.3) is 0 Å². The third-order valence-corrected chi connectivity index (χ3v) is 7.57. The van der Waals surface area contributed by atoms with Gasteiger partial charge in [-0.05, 0) is 90.6 Å². The number of amides is 1. The number of ether oxygens (including phenoxy) is 1. The van der Waals surface area contributed by atoms with Crippen molar-refractivity contribution in [2.45, 2.75) is 51.7 Å². The van der Waals surface area contributed by atoms with Crippen LogP contribution < -0.4 is 5.32 Å². The fourth-order valence-corrected chi connectivity index (χ4v) is 5.54. The quantitative estimate of drug-likeness (QED) is 0.727. The topological polar surface area (TPSA) is 41.6 Å². The maximum absolute atomic E-state index is 13.4. The van der Waals surface area contributed by atoms with Crippen molar-refractivity contribution in [3.05, 3.63) is 59.4 Å². The summed E-state index contributed by atoms with van der Waals surface area (Å²) in [6.07, 6.45) is 3.92. The number of carbonyl (C=O) groups excluding carboxylic acids is 1. The Kier molecular flexibility index (Phi) is 5.25. The van der Waals surface area contributed by atoms with E-state index in [2.05, 4.69) is 42.3 Å². The molecular weight excluding hydrogens is 391 g/mol. The molecule has 6 rings (SSSR count). The predicted octanol–water partition coefficient (Wildman–Crippen LogP) is 5.33. The van der Waals surface area contributed by atoms with Gasteiger partial charge >= 0.3 is 6.09 Å². The van der Waals surface area contributed by atoms with Crippen LogP contribution in [0.4, 0.5) is 9.18 Å². The first kappa shape index (κ1) is 20.5. The Hall–Kier alpha value is -2.40. The molecule has 3 heterocycles. The van der Waals surface area contributed by atoms with Crippen LogP contribution >= 0.6 is 0 Å². The highest BCUT2D eigenvalue weighted by atomic mass is 19.1. The zero-order valence-corrected chi connectivity index (χ0v) is 18.4. The van der Waals surface area contributed by atoms with E-state index in [-0.39, 0.29) is 29.5 Å². The minimum absolute atomic E-state index is 0.000720. The zero-order chi connectivity index (χ0) is 21.6. The lowest BCUT2D eigenvalue weighted by Crippen LogP contribution is -2.53. The highest BCUT2D eigenvalue weighted by Gasteiger charge is 2.40. The molecule has 5 heteroatoms. The summed E-state index contributed by atoms with van der Waals surface area (Å²) in [7, 11) is 0. The number of halogens is 1. The number of fused-ring (bicyclic) bond motifs is 4. The zero-order valence-electron chi connectivity index (χ0n) is 18.4. The normalized spacial score (nSPS) is 28.6. The molecule has 3 fully saturated rings. The lowest BCUT2D eigenvalue weighted by molar-refractivity contribution is -0.0353. The van der Waals surface area contributed by atoms with Crippen LogP contribution in [-0.4, -0.2) is 36.7 Å². The molecule has 2 atom stereocenters. The summed E-state index contributed by atoms with van der Waals surface area (Å²) in [5.74, 6) is 0.255. The molecular formula is C26H31FN2O2. The lowest BCUT2D eigenvalue weighted by atomic mass is 9.70. The molecule has 1 aliphatic carbocycles. The first-order chi connectivity index (χ1) is 14.9. The molecule has 1 unspecified atom stereocenters. The van der Waals surface area contributed by atoms with Crippen molar-refractivity contribution in [3.63, 3.8) is 0 Å². The summed E-state index contributed by atoms with van der Waals surface area (Å²) >= 11 is 0. The molecule has 1 N–H and O–H groups in total. The van der Waals surface area contributed by atoms with E-state index in [1.165, 1.54) is 17.7 Å². The maximum atomic E-state index is 13.4. The smallest absolute Gasteiger partial charge is 0.407 e. The first-order valence-electron chi connectivity index (χ1n) is 11.5. The van der Waals surface area contributed by atoms with Gasteiger partial charge in [-0.15, -0.1) is 0 Å². The third-order valence-electron chi connectivity index (χ3n) is 7.57. The average molecular weight is 423 g/mol. The molecule has 164 valence electrons. The molecule has 3 aliphatic heterocycles. The Morgan fingerprint density at radius 1 is 1.10 bits per heavy atom. The number of alkyl carbamates (subject to hydrolysis) is 1. The van der Waals surface area contributed by atoms with Crippen molar-refractivity contribution in [2.24, 2.45) is 11.3 Å². The summed E-state index contributed by atoms with van der Waals surface area (Å²) in [6, 6.07) is 12.8. The van der Waals surface area contributed by atoms with Crippen molar-refractivity contribution in [2.75, 3.05) is 19.6 Å². The van der Waals surface area contributed by atoms with Crippen molar-refractivity contribution in [1.82, 2.24) is 10.2 Å². The monoisotopic (exact) mass is 422 g/mol. The van der Waals surface area contributed by atoms with Crippen molar-refractivity contribution < 1.29 is 13.9 Å². The minimum atomic E-state index is -0.308. The number of hydrogen-bond acceptors (Lipinski definition) is 3. The van der Waals surface area contributed by atoms with E-state index in [0.717, 1.165) is 62.0 Å². The largest absolute Gasteiger partial charge is 0.445 e. The van der Waals surface area contributed by atoms with Crippen LogP contribution in [-0.2, 0) is 11.2 Å². The van der Waals surface area contributed by atoms with E-state index in [1.807, 2.05) is 0 Å². The van der Waals surface area contributed by atoms with E-state index < -0.39 is 0 Å². The molecule has 4 nitrogen and oxygen atoms in total. The molecule has 0 saturated carbocycles. The highest BCUT2D eigenvalue weighted by molar-refractivity contribution is 5.70. The number of nitrogens with zero attached hydrogens (tertiary/aromatic N) is 1. The molecule has 0 aromatic heterocycles. The van der Waals surface area contributed by atoms with E-state index in [0.29, 0.717) is 5.92 Å². The molecule has 2 aromatic carbocycles. The number of carbonyl (C=O) groups is 1. The van der Waals surface area contributed by atoms with E-state index in [4.69, 9.17) is 4.74 Å². The van der Waals surface area contributed by atoms with Crippen LogP contribution in [0.15, 0.2) is 42.5 Å². The average Bonchev–Trinajstić information content (AvgIpc) is 2.77. The van der Waals surface area contributed by atoms with E-state index in [1.54, 1.807) is 12.1 Å². The summed E-state index contributed by atoms with van der Waals surface area (Å²) in [4.78, 5) is 15.3. The van der Waals surface area contributed by atoms with Gasteiger partial charge in [0.2, 0.25) is 0 Å². The van der Waals surface area contributed by atoms with Crippen molar-refractivity contribution in [3.8, 4) is 11.1 Å². The van der Waals surface area contributed by atoms with Gasteiger partial charge < -0.3 is 10.1 Å².